The van der Waals surface area contributed by atoms with Crippen molar-refractivity contribution < 1.29 is 9.18 Å². The molecule has 2 amide bonds. The highest BCUT2D eigenvalue weighted by Crippen LogP contribution is 2.23. The van der Waals surface area contributed by atoms with Gasteiger partial charge >= 0.3 is 6.03 Å². The zero-order valence-corrected chi connectivity index (χ0v) is 14.9. The van der Waals surface area contributed by atoms with Crippen molar-refractivity contribution in [3.8, 4) is 0 Å². The quantitative estimate of drug-likeness (QED) is 0.847. The summed E-state index contributed by atoms with van der Waals surface area (Å²) in [5, 5.41) is 0. The molecule has 2 fully saturated rings. The van der Waals surface area contributed by atoms with Crippen LogP contribution in [0.25, 0.3) is 0 Å². The second-order valence-electron chi connectivity index (χ2n) is 7.14. The molecule has 0 radical (unpaired) electrons. The Labute approximate surface area is 153 Å². The number of hydrogen-bond acceptors (Lipinski definition) is 3. The summed E-state index contributed by atoms with van der Waals surface area (Å²) in [4.78, 5) is 23.4. The van der Waals surface area contributed by atoms with Gasteiger partial charge in [-0.2, -0.15) is 0 Å². The van der Waals surface area contributed by atoms with E-state index in [1.54, 1.807) is 12.1 Å². The predicted octanol–water partition coefficient (Wildman–Crippen LogP) is 2.65. The van der Waals surface area contributed by atoms with Crippen LogP contribution < -0.4 is 0 Å². The minimum Gasteiger partial charge on any atom is -0.318 e. The zero-order valence-electron chi connectivity index (χ0n) is 14.9. The van der Waals surface area contributed by atoms with Gasteiger partial charge in [0.15, 0.2) is 0 Å². The van der Waals surface area contributed by atoms with Crippen molar-refractivity contribution in [1.82, 2.24) is 19.7 Å². The third-order valence-electron chi connectivity index (χ3n) is 5.29. The maximum Gasteiger partial charge on any atom is 0.320 e. The van der Waals surface area contributed by atoms with Crippen LogP contribution >= 0.6 is 0 Å². The third-order valence-corrected chi connectivity index (χ3v) is 5.29. The summed E-state index contributed by atoms with van der Waals surface area (Å²) in [6.07, 6.45) is 1.84. The molecular weight excluding hydrogens is 331 g/mol. The predicted molar refractivity (Wildman–Crippen MR) is 97.0 cm³/mol. The Hall–Kier alpha value is -2.47. The number of hydrogen-bond donors (Lipinski definition) is 0. The first-order valence-corrected chi connectivity index (χ1v) is 9.03. The second-order valence-corrected chi connectivity index (χ2v) is 7.14. The number of rotatable bonds is 4. The van der Waals surface area contributed by atoms with Crippen LogP contribution in [0, 0.1) is 12.7 Å². The van der Waals surface area contributed by atoms with E-state index < -0.39 is 0 Å². The number of benzene rings is 1. The number of piperazine rings is 1. The number of pyridine rings is 1. The molecule has 0 spiro atoms. The van der Waals surface area contributed by atoms with Crippen molar-refractivity contribution >= 4 is 6.03 Å². The number of urea groups is 1. The molecule has 1 atom stereocenters. The van der Waals surface area contributed by atoms with Gasteiger partial charge in [-0.05, 0) is 36.2 Å². The highest BCUT2D eigenvalue weighted by molar-refractivity contribution is 5.77. The Morgan fingerprint density at radius 2 is 1.92 bits per heavy atom. The Balaban J connectivity index is 1.40. The molecule has 2 aliphatic rings. The summed E-state index contributed by atoms with van der Waals surface area (Å²) >= 11 is 0. The van der Waals surface area contributed by atoms with E-state index in [1.165, 1.54) is 17.7 Å². The van der Waals surface area contributed by atoms with Gasteiger partial charge in [-0.3, -0.25) is 9.88 Å². The number of fused-ring (bicyclic) bond motifs is 1. The van der Waals surface area contributed by atoms with E-state index in [4.69, 9.17) is 0 Å². The molecular formula is C20H23FN4O. The molecule has 2 aliphatic heterocycles. The number of carbonyl (C=O) groups is 1. The summed E-state index contributed by atoms with van der Waals surface area (Å²) in [5.41, 5.74) is 3.27. The fourth-order valence-electron chi connectivity index (χ4n) is 3.82. The van der Waals surface area contributed by atoms with Crippen molar-refractivity contribution in [2.45, 2.75) is 26.1 Å². The van der Waals surface area contributed by atoms with Crippen molar-refractivity contribution in [3.63, 3.8) is 0 Å². The van der Waals surface area contributed by atoms with E-state index in [1.807, 2.05) is 22.1 Å². The number of aromatic nitrogens is 1. The van der Waals surface area contributed by atoms with Gasteiger partial charge in [-0.25, -0.2) is 9.18 Å². The lowest BCUT2D eigenvalue weighted by molar-refractivity contribution is 0.115. The van der Waals surface area contributed by atoms with Gasteiger partial charge in [0, 0.05) is 45.5 Å². The molecule has 0 aliphatic carbocycles. The largest absolute Gasteiger partial charge is 0.320 e. The molecule has 136 valence electrons. The minimum atomic E-state index is -0.251. The first-order valence-electron chi connectivity index (χ1n) is 9.03. The molecule has 0 N–H and O–H groups in total. The summed E-state index contributed by atoms with van der Waals surface area (Å²) in [5.74, 6) is -0.251. The Bertz CT molecular complexity index is 795. The molecule has 26 heavy (non-hydrogen) atoms. The maximum atomic E-state index is 13.1. The van der Waals surface area contributed by atoms with Crippen LogP contribution in [0.3, 0.4) is 0 Å². The van der Waals surface area contributed by atoms with Crippen molar-refractivity contribution in [2.75, 3.05) is 26.2 Å². The maximum absolute atomic E-state index is 13.1. The lowest BCUT2D eigenvalue weighted by Crippen LogP contribution is -2.51. The summed E-state index contributed by atoms with van der Waals surface area (Å²) in [6.45, 7) is 6.63. The molecule has 4 rings (SSSR count). The highest BCUT2D eigenvalue weighted by atomic mass is 19.1. The van der Waals surface area contributed by atoms with Gasteiger partial charge in [0.25, 0.3) is 0 Å². The Kier molecular flexibility index (Phi) is 4.59. The molecule has 2 aromatic rings. The number of amides is 2. The fourth-order valence-corrected chi connectivity index (χ4v) is 3.82. The molecule has 1 unspecified atom stereocenters. The van der Waals surface area contributed by atoms with Gasteiger partial charge < -0.3 is 9.80 Å². The first-order chi connectivity index (χ1) is 12.6. The molecule has 5 nitrogen and oxygen atoms in total. The number of halogens is 1. The van der Waals surface area contributed by atoms with Gasteiger partial charge in [0.05, 0.1) is 11.7 Å². The lowest BCUT2D eigenvalue weighted by atomic mass is 10.1. The Morgan fingerprint density at radius 3 is 2.69 bits per heavy atom. The average molecular weight is 354 g/mol. The lowest BCUT2D eigenvalue weighted by Gasteiger charge is -2.36. The van der Waals surface area contributed by atoms with E-state index >= 15 is 0 Å². The number of nitrogens with zero attached hydrogens (tertiary/aromatic N) is 4. The zero-order chi connectivity index (χ0) is 18.1. The first kappa shape index (κ1) is 17.0. The minimum absolute atomic E-state index is 0.0907. The van der Waals surface area contributed by atoms with E-state index in [9.17, 15) is 9.18 Å². The van der Waals surface area contributed by atoms with E-state index in [0.717, 1.165) is 37.4 Å². The van der Waals surface area contributed by atoms with Crippen LogP contribution in [-0.4, -0.2) is 57.9 Å². The normalized spacial score (nSPS) is 20.5. The van der Waals surface area contributed by atoms with Crippen molar-refractivity contribution in [1.29, 1.82) is 0 Å². The standard InChI is InChI=1S/C20H23FN4O/c1-15-3-2-8-22-19(15)14-23-9-10-25-18(12-23)13-24(20(25)26)11-16-4-6-17(21)7-5-16/h2-8,18H,9-14H2,1H3. The monoisotopic (exact) mass is 354 g/mol. The molecule has 3 heterocycles. The molecule has 2 saturated heterocycles. The van der Waals surface area contributed by atoms with Crippen LogP contribution in [0.5, 0.6) is 0 Å². The summed E-state index contributed by atoms with van der Waals surface area (Å²) in [7, 11) is 0. The molecule has 1 aromatic carbocycles. The van der Waals surface area contributed by atoms with Crippen LogP contribution in [0.2, 0.25) is 0 Å². The van der Waals surface area contributed by atoms with Crippen LogP contribution in [0.15, 0.2) is 42.6 Å². The Morgan fingerprint density at radius 1 is 1.12 bits per heavy atom. The van der Waals surface area contributed by atoms with Gasteiger partial charge in [-0.1, -0.05) is 18.2 Å². The van der Waals surface area contributed by atoms with Crippen LogP contribution in [0.4, 0.5) is 9.18 Å². The number of aryl methyl sites for hydroxylation is 1. The third kappa shape index (κ3) is 3.42. The topological polar surface area (TPSA) is 39.7 Å². The molecule has 1 aromatic heterocycles. The molecule has 0 bridgehead atoms. The molecule has 0 saturated carbocycles. The van der Waals surface area contributed by atoms with Crippen LogP contribution in [0.1, 0.15) is 16.8 Å². The van der Waals surface area contributed by atoms with Crippen molar-refractivity contribution in [3.05, 3.63) is 65.2 Å². The summed E-state index contributed by atoms with van der Waals surface area (Å²) in [6, 6.07) is 10.7. The second kappa shape index (κ2) is 7.03. The van der Waals surface area contributed by atoms with Gasteiger partial charge in [0.2, 0.25) is 0 Å². The van der Waals surface area contributed by atoms with E-state index in [0.29, 0.717) is 13.1 Å². The average Bonchev–Trinajstić information content (AvgIpc) is 2.94. The van der Waals surface area contributed by atoms with Crippen LogP contribution in [-0.2, 0) is 13.1 Å². The highest BCUT2D eigenvalue weighted by Gasteiger charge is 2.40. The smallest absolute Gasteiger partial charge is 0.318 e. The van der Waals surface area contributed by atoms with Gasteiger partial charge in [-0.15, -0.1) is 0 Å². The van der Waals surface area contributed by atoms with E-state index in [2.05, 4.69) is 22.9 Å². The van der Waals surface area contributed by atoms with Gasteiger partial charge in [0.1, 0.15) is 5.82 Å². The van der Waals surface area contributed by atoms with E-state index in [-0.39, 0.29) is 17.9 Å². The summed E-state index contributed by atoms with van der Waals surface area (Å²) < 4.78 is 13.1. The SMILES string of the molecule is Cc1cccnc1CN1CCN2C(=O)N(Cc3ccc(F)cc3)CC2C1. The molecule has 6 heteroatoms. The fraction of sp³-hybridized carbons (Fsp3) is 0.400. The number of carbonyl (C=O) groups excluding carboxylic acids is 1. The van der Waals surface area contributed by atoms with Crippen molar-refractivity contribution in [2.24, 2.45) is 0 Å².